The zero-order valence-electron chi connectivity index (χ0n) is 10.6. The summed E-state index contributed by atoms with van der Waals surface area (Å²) in [5.74, 6) is 0.881. The number of aromatic nitrogens is 2. The topological polar surface area (TPSA) is 20.7 Å². The summed E-state index contributed by atoms with van der Waals surface area (Å²) in [6.07, 6.45) is 0. The van der Waals surface area contributed by atoms with E-state index in [1.165, 1.54) is 0 Å². The first-order valence-corrected chi connectivity index (χ1v) is 7.46. The van der Waals surface area contributed by atoms with Crippen LogP contribution in [0.15, 0.2) is 12.1 Å². The SMILES string of the molecule is CC(C)C(C)Cn1c(=S)[nH]c2cc(I)c(F)cc21. The first-order chi connectivity index (χ1) is 8.40. The maximum Gasteiger partial charge on any atom is 0.178 e. The van der Waals surface area contributed by atoms with Crippen LogP contribution in [0.5, 0.6) is 0 Å². The van der Waals surface area contributed by atoms with Crippen LogP contribution in [0.25, 0.3) is 11.0 Å². The van der Waals surface area contributed by atoms with E-state index >= 15 is 0 Å². The van der Waals surface area contributed by atoms with E-state index in [9.17, 15) is 4.39 Å². The van der Waals surface area contributed by atoms with Crippen molar-refractivity contribution in [2.45, 2.75) is 27.3 Å². The zero-order valence-corrected chi connectivity index (χ0v) is 13.6. The number of aromatic amines is 1. The summed E-state index contributed by atoms with van der Waals surface area (Å²) in [5, 5.41) is 0. The lowest BCUT2D eigenvalue weighted by Gasteiger charge is -2.16. The molecular weight excluding hydrogens is 362 g/mol. The van der Waals surface area contributed by atoms with E-state index in [4.69, 9.17) is 12.2 Å². The molecule has 0 aliphatic rings. The normalized spacial score (nSPS) is 13.4. The fraction of sp³-hybridized carbons (Fsp3) is 0.462. The van der Waals surface area contributed by atoms with Gasteiger partial charge in [-0.25, -0.2) is 4.39 Å². The minimum absolute atomic E-state index is 0.192. The van der Waals surface area contributed by atoms with E-state index < -0.39 is 0 Å². The van der Waals surface area contributed by atoms with Gasteiger partial charge in [0.05, 0.1) is 14.6 Å². The highest BCUT2D eigenvalue weighted by molar-refractivity contribution is 14.1. The average molecular weight is 378 g/mol. The summed E-state index contributed by atoms with van der Waals surface area (Å²) in [7, 11) is 0. The van der Waals surface area contributed by atoms with Crippen molar-refractivity contribution in [3.05, 3.63) is 26.3 Å². The third-order valence-electron chi connectivity index (χ3n) is 3.42. The Hall–Kier alpha value is -0.430. The number of hydrogen-bond acceptors (Lipinski definition) is 1. The number of rotatable bonds is 3. The molecule has 18 heavy (non-hydrogen) atoms. The molecule has 5 heteroatoms. The Bertz CT molecular complexity index is 630. The molecule has 2 rings (SSSR count). The molecule has 1 aromatic carbocycles. The van der Waals surface area contributed by atoms with Crippen molar-refractivity contribution in [3.63, 3.8) is 0 Å². The molecule has 0 saturated heterocycles. The highest BCUT2D eigenvalue weighted by Gasteiger charge is 2.13. The molecule has 1 aromatic heterocycles. The van der Waals surface area contributed by atoms with Gasteiger partial charge in [0.1, 0.15) is 5.82 Å². The lowest BCUT2D eigenvalue weighted by molar-refractivity contribution is 0.367. The highest BCUT2D eigenvalue weighted by atomic mass is 127. The van der Waals surface area contributed by atoms with Gasteiger partial charge in [0.25, 0.3) is 0 Å². The summed E-state index contributed by atoms with van der Waals surface area (Å²) >= 11 is 7.32. The molecule has 1 atom stereocenters. The summed E-state index contributed by atoms with van der Waals surface area (Å²) in [6, 6.07) is 3.37. The second kappa shape index (κ2) is 5.28. The molecule has 2 nitrogen and oxygen atoms in total. The number of hydrogen-bond donors (Lipinski definition) is 1. The smallest absolute Gasteiger partial charge is 0.178 e. The molecule has 0 bridgehead atoms. The van der Waals surface area contributed by atoms with Gasteiger partial charge in [-0.1, -0.05) is 20.8 Å². The summed E-state index contributed by atoms with van der Waals surface area (Å²) in [4.78, 5) is 3.15. The second-order valence-corrected chi connectivity index (χ2v) is 6.59. The van der Waals surface area contributed by atoms with Crippen LogP contribution < -0.4 is 0 Å². The molecule has 0 aliphatic heterocycles. The van der Waals surface area contributed by atoms with Crippen LogP contribution in [-0.2, 0) is 6.54 Å². The fourth-order valence-electron chi connectivity index (χ4n) is 1.83. The largest absolute Gasteiger partial charge is 0.331 e. The Morgan fingerprint density at radius 1 is 1.39 bits per heavy atom. The predicted molar refractivity (Wildman–Crippen MR) is 83.8 cm³/mol. The van der Waals surface area contributed by atoms with Gasteiger partial charge < -0.3 is 9.55 Å². The van der Waals surface area contributed by atoms with Gasteiger partial charge in [0.2, 0.25) is 0 Å². The quantitative estimate of drug-likeness (QED) is 0.605. The molecule has 1 heterocycles. The second-order valence-electron chi connectivity index (χ2n) is 5.05. The number of H-pyrrole nitrogens is 1. The van der Waals surface area contributed by atoms with Crippen LogP contribution in [0.4, 0.5) is 4.39 Å². The number of imidazole rings is 1. The maximum atomic E-state index is 13.7. The average Bonchev–Trinajstić information content (AvgIpc) is 2.56. The molecule has 1 unspecified atom stereocenters. The molecule has 98 valence electrons. The molecule has 0 fully saturated rings. The van der Waals surface area contributed by atoms with Crippen LogP contribution in [0.3, 0.4) is 0 Å². The third kappa shape index (κ3) is 2.61. The summed E-state index contributed by atoms with van der Waals surface area (Å²) < 4.78 is 16.9. The van der Waals surface area contributed by atoms with Crippen LogP contribution in [0, 0.1) is 26.0 Å². The first-order valence-electron chi connectivity index (χ1n) is 5.97. The Kier molecular flexibility index (Phi) is 4.11. The van der Waals surface area contributed by atoms with Gasteiger partial charge in [0.15, 0.2) is 4.77 Å². The fourth-order valence-corrected chi connectivity index (χ4v) is 2.58. The molecule has 0 aliphatic carbocycles. The van der Waals surface area contributed by atoms with Crippen molar-refractivity contribution in [2.75, 3.05) is 0 Å². The summed E-state index contributed by atoms with van der Waals surface area (Å²) in [6.45, 7) is 7.38. The standard InChI is InChI=1S/C13H16FIN2S/c1-7(2)8(3)6-17-12-4-9(14)10(15)5-11(12)16-13(17)18/h4-5,7-8H,6H2,1-3H3,(H,16,18). The minimum Gasteiger partial charge on any atom is -0.331 e. The molecule has 0 saturated carbocycles. The van der Waals surface area contributed by atoms with Crippen molar-refractivity contribution in [1.82, 2.24) is 9.55 Å². The predicted octanol–water partition coefficient (Wildman–Crippen LogP) is 4.73. The number of nitrogens with one attached hydrogen (secondary N) is 1. The lowest BCUT2D eigenvalue weighted by atomic mass is 9.98. The van der Waals surface area contributed by atoms with Crippen molar-refractivity contribution in [3.8, 4) is 0 Å². The maximum absolute atomic E-state index is 13.7. The van der Waals surface area contributed by atoms with Gasteiger partial charge >= 0.3 is 0 Å². The Morgan fingerprint density at radius 3 is 2.67 bits per heavy atom. The van der Waals surface area contributed by atoms with E-state index in [1.54, 1.807) is 12.1 Å². The van der Waals surface area contributed by atoms with Crippen LogP contribution in [0.2, 0.25) is 0 Å². The molecule has 2 aromatic rings. The van der Waals surface area contributed by atoms with Gasteiger partial charge in [0, 0.05) is 12.6 Å². The number of benzene rings is 1. The monoisotopic (exact) mass is 378 g/mol. The van der Waals surface area contributed by atoms with Gasteiger partial charge in [-0.15, -0.1) is 0 Å². The van der Waals surface area contributed by atoms with E-state index in [1.807, 2.05) is 27.2 Å². The van der Waals surface area contributed by atoms with Crippen LogP contribution >= 0.6 is 34.8 Å². The Labute approximate surface area is 125 Å². The van der Waals surface area contributed by atoms with Crippen LogP contribution in [-0.4, -0.2) is 9.55 Å². The minimum atomic E-state index is -0.192. The Morgan fingerprint density at radius 2 is 2.06 bits per heavy atom. The number of halogens is 2. The summed E-state index contributed by atoms with van der Waals surface area (Å²) in [5.41, 5.74) is 1.76. The molecule has 0 spiro atoms. The van der Waals surface area contributed by atoms with E-state index in [-0.39, 0.29) is 5.82 Å². The van der Waals surface area contributed by atoms with Gasteiger partial charge in [-0.3, -0.25) is 0 Å². The lowest BCUT2D eigenvalue weighted by Crippen LogP contribution is -2.13. The van der Waals surface area contributed by atoms with E-state index in [0.29, 0.717) is 20.2 Å². The molecular formula is C13H16FIN2S. The molecule has 1 N–H and O–H groups in total. The highest BCUT2D eigenvalue weighted by Crippen LogP contribution is 2.22. The van der Waals surface area contributed by atoms with Crippen molar-refractivity contribution < 1.29 is 4.39 Å². The third-order valence-corrected chi connectivity index (χ3v) is 4.57. The van der Waals surface area contributed by atoms with E-state index in [0.717, 1.165) is 17.6 Å². The van der Waals surface area contributed by atoms with Crippen molar-refractivity contribution >= 4 is 45.8 Å². The van der Waals surface area contributed by atoms with Crippen LogP contribution in [0.1, 0.15) is 20.8 Å². The molecule has 0 amide bonds. The number of nitrogens with zero attached hydrogens (tertiary/aromatic N) is 1. The van der Waals surface area contributed by atoms with Gasteiger partial charge in [-0.2, -0.15) is 0 Å². The van der Waals surface area contributed by atoms with E-state index in [2.05, 4.69) is 25.8 Å². The number of fused-ring (bicyclic) bond motifs is 1. The van der Waals surface area contributed by atoms with Gasteiger partial charge in [-0.05, 0) is 52.7 Å². The molecule has 0 radical (unpaired) electrons. The zero-order chi connectivity index (χ0) is 13.4. The first kappa shape index (κ1) is 14.0. The van der Waals surface area contributed by atoms with Crippen molar-refractivity contribution in [2.24, 2.45) is 11.8 Å². The Balaban J connectivity index is 2.53. The van der Waals surface area contributed by atoms with Crippen molar-refractivity contribution in [1.29, 1.82) is 0 Å².